The Kier molecular flexibility index (Phi) is 4.40. The molecule has 0 unspecified atom stereocenters. The molecule has 5 nitrogen and oxygen atoms in total. The SMILES string of the molecule is CC(C)(N)CCC(=O)Nc1cc2c(cc1Cl)OCCO2. The molecule has 0 bridgehead atoms. The lowest BCUT2D eigenvalue weighted by molar-refractivity contribution is -0.116. The highest BCUT2D eigenvalue weighted by molar-refractivity contribution is 6.34. The number of nitrogens with two attached hydrogens (primary N) is 1. The number of benzene rings is 1. The van der Waals surface area contributed by atoms with Crippen LogP contribution in [0.2, 0.25) is 5.02 Å². The van der Waals surface area contributed by atoms with E-state index in [2.05, 4.69) is 5.32 Å². The van der Waals surface area contributed by atoms with Crippen LogP contribution in [0.15, 0.2) is 12.1 Å². The third-order valence-electron chi connectivity index (χ3n) is 2.90. The summed E-state index contributed by atoms with van der Waals surface area (Å²) in [6.07, 6.45) is 0.940. The van der Waals surface area contributed by atoms with Crippen molar-refractivity contribution in [1.29, 1.82) is 0 Å². The van der Waals surface area contributed by atoms with E-state index in [-0.39, 0.29) is 11.4 Å². The number of carbonyl (C=O) groups is 1. The Balaban J connectivity index is 2.04. The first-order chi connectivity index (χ1) is 9.35. The van der Waals surface area contributed by atoms with E-state index in [4.69, 9.17) is 26.8 Å². The minimum Gasteiger partial charge on any atom is -0.486 e. The third kappa shape index (κ3) is 4.02. The van der Waals surface area contributed by atoms with Gasteiger partial charge in [0.2, 0.25) is 5.91 Å². The Morgan fingerprint density at radius 1 is 1.35 bits per heavy atom. The maximum absolute atomic E-state index is 11.9. The lowest BCUT2D eigenvalue weighted by atomic mass is 10.00. The van der Waals surface area contributed by atoms with Gasteiger partial charge in [-0.3, -0.25) is 4.79 Å². The van der Waals surface area contributed by atoms with E-state index < -0.39 is 0 Å². The standard InChI is InChI=1S/C14H19ClN2O3/c1-14(2,16)4-3-13(18)17-10-8-12-11(7-9(10)15)19-5-6-20-12/h7-8H,3-6,16H2,1-2H3,(H,17,18). The molecule has 0 radical (unpaired) electrons. The van der Waals surface area contributed by atoms with Crippen LogP contribution in [-0.2, 0) is 4.79 Å². The quantitative estimate of drug-likeness (QED) is 0.896. The smallest absolute Gasteiger partial charge is 0.224 e. The number of carbonyl (C=O) groups excluding carboxylic acids is 1. The van der Waals surface area contributed by atoms with Crippen LogP contribution < -0.4 is 20.5 Å². The average molecular weight is 299 g/mol. The van der Waals surface area contributed by atoms with Gasteiger partial charge in [0.25, 0.3) is 0 Å². The van der Waals surface area contributed by atoms with Crippen LogP contribution in [0.4, 0.5) is 5.69 Å². The minimum atomic E-state index is -0.367. The molecule has 0 fully saturated rings. The Hall–Kier alpha value is -1.46. The normalized spacial score (nSPS) is 14.0. The summed E-state index contributed by atoms with van der Waals surface area (Å²) < 4.78 is 10.9. The number of rotatable bonds is 4. The lowest BCUT2D eigenvalue weighted by Crippen LogP contribution is -2.33. The summed E-state index contributed by atoms with van der Waals surface area (Å²) in [5.74, 6) is 1.07. The summed E-state index contributed by atoms with van der Waals surface area (Å²) in [5, 5.41) is 3.20. The van der Waals surface area contributed by atoms with Gasteiger partial charge in [0.05, 0.1) is 10.7 Å². The number of hydrogen-bond donors (Lipinski definition) is 2. The summed E-state index contributed by atoms with van der Waals surface area (Å²) in [4.78, 5) is 11.9. The molecule has 1 aromatic rings. The highest BCUT2D eigenvalue weighted by Crippen LogP contribution is 2.38. The molecule has 0 aromatic heterocycles. The number of ether oxygens (including phenoxy) is 2. The van der Waals surface area contributed by atoms with E-state index in [0.717, 1.165) is 0 Å². The van der Waals surface area contributed by atoms with Crippen LogP contribution >= 0.6 is 11.6 Å². The van der Waals surface area contributed by atoms with Crippen molar-refractivity contribution in [2.75, 3.05) is 18.5 Å². The predicted octanol–water partition coefficient (Wildman–Crippen LogP) is 2.57. The van der Waals surface area contributed by atoms with Gasteiger partial charge >= 0.3 is 0 Å². The summed E-state index contributed by atoms with van der Waals surface area (Å²) in [5.41, 5.74) is 6.01. The molecule has 0 atom stereocenters. The number of hydrogen-bond acceptors (Lipinski definition) is 4. The van der Waals surface area contributed by atoms with Crippen molar-refractivity contribution in [3.63, 3.8) is 0 Å². The van der Waals surface area contributed by atoms with Crippen LogP contribution in [0.25, 0.3) is 0 Å². The molecule has 3 N–H and O–H groups in total. The number of halogens is 1. The summed E-state index contributed by atoms with van der Waals surface area (Å²) >= 11 is 6.12. The van der Waals surface area contributed by atoms with E-state index in [1.165, 1.54) is 0 Å². The Labute approximate surface area is 123 Å². The molecule has 0 saturated carbocycles. The van der Waals surface area contributed by atoms with Crippen molar-refractivity contribution >= 4 is 23.2 Å². The average Bonchev–Trinajstić information content (AvgIpc) is 2.36. The molecule has 1 aromatic carbocycles. The Bertz CT molecular complexity index is 512. The molecular weight excluding hydrogens is 280 g/mol. The zero-order valence-electron chi connectivity index (χ0n) is 11.7. The maximum atomic E-state index is 11.9. The van der Waals surface area contributed by atoms with Crippen molar-refractivity contribution < 1.29 is 14.3 Å². The first kappa shape index (κ1) is 14.9. The van der Waals surface area contributed by atoms with Crippen LogP contribution in [-0.4, -0.2) is 24.7 Å². The second-order valence-corrected chi connectivity index (χ2v) is 5.92. The molecule has 20 heavy (non-hydrogen) atoms. The fourth-order valence-corrected chi connectivity index (χ4v) is 2.01. The van der Waals surface area contributed by atoms with Crippen molar-refractivity contribution in [3.05, 3.63) is 17.2 Å². The van der Waals surface area contributed by atoms with E-state index >= 15 is 0 Å². The lowest BCUT2D eigenvalue weighted by Gasteiger charge is -2.20. The second-order valence-electron chi connectivity index (χ2n) is 5.51. The first-order valence-corrected chi connectivity index (χ1v) is 6.91. The molecule has 0 spiro atoms. The van der Waals surface area contributed by atoms with Crippen molar-refractivity contribution in [2.24, 2.45) is 5.73 Å². The largest absolute Gasteiger partial charge is 0.486 e. The molecule has 6 heteroatoms. The molecule has 0 aliphatic carbocycles. The van der Waals surface area contributed by atoms with Gasteiger partial charge in [-0.25, -0.2) is 0 Å². The van der Waals surface area contributed by atoms with Gasteiger partial charge in [0.15, 0.2) is 11.5 Å². The second kappa shape index (κ2) is 5.89. The zero-order chi connectivity index (χ0) is 14.8. The van der Waals surface area contributed by atoms with Crippen molar-refractivity contribution in [2.45, 2.75) is 32.2 Å². The van der Waals surface area contributed by atoms with Gasteiger partial charge in [-0.15, -0.1) is 0 Å². The number of anilines is 1. The van der Waals surface area contributed by atoms with Gasteiger partial charge in [0.1, 0.15) is 13.2 Å². The number of fused-ring (bicyclic) bond motifs is 1. The van der Waals surface area contributed by atoms with E-state index in [1.54, 1.807) is 12.1 Å². The fourth-order valence-electron chi connectivity index (χ4n) is 1.81. The maximum Gasteiger partial charge on any atom is 0.224 e. The van der Waals surface area contributed by atoms with Crippen LogP contribution in [0.5, 0.6) is 11.5 Å². The number of nitrogens with one attached hydrogen (secondary N) is 1. The molecule has 1 aliphatic rings. The van der Waals surface area contributed by atoms with Gasteiger partial charge in [-0.05, 0) is 20.3 Å². The van der Waals surface area contributed by atoms with E-state index in [9.17, 15) is 4.79 Å². The minimum absolute atomic E-state index is 0.123. The molecule has 1 heterocycles. The summed E-state index contributed by atoms with van der Waals surface area (Å²) in [6.45, 7) is 4.76. The number of amides is 1. The molecule has 1 amide bonds. The van der Waals surface area contributed by atoms with Gasteiger partial charge in [0, 0.05) is 24.1 Å². The van der Waals surface area contributed by atoms with Gasteiger partial charge in [-0.2, -0.15) is 0 Å². The summed E-state index contributed by atoms with van der Waals surface area (Å²) in [7, 11) is 0. The topological polar surface area (TPSA) is 73.6 Å². The molecule has 110 valence electrons. The van der Waals surface area contributed by atoms with Crippen molar-refractivity contribution in [3.8, 4) is 11.5 Å². The third-order valence-corrected chi connectivity index (χ3v) is 3.22. The van der Waals surface area contributed by atoms with Crippen LogP contribution in [0.3, 0.4) is 0 Å². The molecular formula is C14H19ClN2O3. The van der Waals surface area contributed by atoms with Gasteiger partial charge < -0.3 is 20.5 Å². The fraction of sp³-hybridized carbons (Fsp3) is 0.500. The predicted molar refractivity (Wildman–Crippen MR) is 78.6 cm³/mol. The van der Waals surface area contributed by atoms with Gasteiger partial charge in [-0.1, -0.05) is 11.6 Å². The van der Waals surface area contributed by atoms with E-state index in [0.29, 0.717) is 48.3 Å². The van der Waals surface area contributed by atoms with Crippen LogP contribution in [0, 0.1) is 0 Å². The monoisotopic (exact) mass is 298 g/mol. The Morgan fingerprint density at radius 2 is 1.95 bits per heavy atom. The first-order valence-electron chi connectivity index (χ1n) is 6.53. The Morgan fingerprint density at radius 3 is 2.55 bits per heavy atom. The van der Waals surface area contributed by atoms with E-state index in [1.807, 2.05) is 13.8 Å². The van der Waals surface area contributed by atoms with Crippen LogP contribution in [0.1, 0.15) is 26.7 Å². The highest BCUT2D eigenvalue weighted by Gasteiger charge is 2.17. The summed E-state index contributed by atoms with van der Waals surface area (Å²) in [6, 6.07) is 3.33. The molecule has 1 aliphatic heterocycles. The van der Waals surface area contributed by atoms with Crippen molar-refractivity contribution in [1.82, 2.24) is 0 Å². The highest BCUT2D eigenvalue weighted by atomic mass is 35.5. The molecule has 0 saturated heterocycles. The zero-order valence-corrected chi connectivity index (χ0v) is 12.4. The molecule has 2 rings (SSSR count).